The SMILES string of the molecule is COc1cc2c(cc1OC)C13CC(OC)CC=C1CCN3CC2. The van der Waals surface area contributed by atoms with Crippen molar-refractivity contribution in [3.8, 4) is 11.5 Å². The monoisotopic (exact) mass is 315 g/mol. The van der Waals surface area contributed by atoms with Gasteiger partial charge in [-0.15, -0.1) is 0 Å². The second kappa shape index (κ2) is 5.53. The van der Waals surface area contributed by atoms with E-state index in [1.165, 1.54) is 17.5 Å². The summed E-state index contributed by atoms with van der Waals surface area (Å²) in [6.07, 6.45) is 7.02. The standard InChI is InChI=1S/C19H25NO3/c1-21-15-5-4-14-7-9-20-8-6-13-10-17(22-2)18(23-3)11-16(13)19(14,20)12-15/h4,10-11,15H,5-9,12H2,1-3H3. The zero-order valence-corrected chi connectivity index (χ0v) is 14.2. The van der Waals surface area contributed by atoms with Crippen LogP contribution >= 0.6 is 0 Å². The van der Waals surface area contributed by atoms with Crippen molar-refractivity contribution in [2.24, 2.45) is 0 Å². The predicted molar refractivity (Wildman–Crippen MR) is 89.2 cm³/mol. The molecule has 124 valence electrons. The van der Waals surface area contributed by atoms with E-state index in [1.54, 1.807) is 19.8 Å². The Hall–Kier alpha value is -1.52. The number of methoxy groups -OCH3 is 3. The number of hydrogen-bond acceptors (Lipinski definition) is 4. The molecule has 4 nitrogen and oxygen atoms in total. The molecule has 0 amide bonds. The van der Waals surface area contributed by atoms with Crippen LogP contribution in [0.2, 0.25) is 0 Å². The van der Waals surface area contributed by atoms with Crippen LogP contribution in [-0.2, 0) is 16.7 Å². The second-order valence-electron chi connectivity index (χ2n) is 6.74. The third-order valence-electron chi connectivity index (χ3n) is 5.91. The Balaban J connectivity index is 1.90. The maximum Gasteiger partial charge on any atom is 0.161 e. The van der Waals surface area contributed by atoms with E-state index in [-0.39, 0.29) is 5.54 Å². The highest BCUT2D eigenvalue weighted by atomic mass is 16.5. The van der Waals surface area contributed by atoms with Gasteiger partial charge in [0.05, 0.1) is 25.9 Å². The van der Waals surface area contributed by atoms with Gasteiger partial charge in [0.15, 0.2) is 11.5 Å². The molecule has 0 saturated carbocycles. The second-order valence-corrected chi connectivity index (χ2v) is 6.74. The van der Waals surface area contributed by atoms with Crippen LogP contribution in [0, 0.1) is 0 Å². The van der Waals surface area contributed by atoms with E-state index in [4.69, 9.17) is 14.2 Å². The molecule has 23 heavy (non-hydrogen) atoms. The third-order valence-corrected chi connectivity index (χ3v) is 5.91. The largest absolute Gasteiger partial charge is 0.493 e. The van der Waals surface area contributed by atoms with Crippen LogP contribution < -0.4 is 9.47 Å². The average molecular weight is 315 g/mol. The van der Waals surface area contributed by atoms with Gasteiger partial charge >= 0.3 is 0 Å². The first-order chi connectivity index (χ1) is 11.2. The first kappa shape index (κ1) is 15.0. The van der Waals surface area contributed by atoms with Crippen LogP contribution in [0.3, 0.4) is 0 Å². The number of rotatable bonds is 3. The maximum absolute atomic E-state index is 5.73. The van der Waals surface area contributed by atoms with Crippen molar-refractivity contribution in [2.45, 2.75) is 37.3 Å². The molecule has 2 aliphatic heterocycles. The van der Waals surface area contributed by atoms with Gasteiger partial charge in [-0.1, -0.05) is 6.08 Å². The fourth-order valence-electron chi connectivity index (χ4n) is 4.78. The van der Waals surface area contributed by atoms with Gasteiger partial charge in [0.2, 0.25) is 0 Å². The molecule has 4 rings (SSSR count). The quantitative estimate of drug-likeness (QED) is 0.803. The lowest BCUT2D eigenvalue weighted by atomic mass is 9.71. The van der Waals surface area contributed by atoms with E-state index in [2.05, 4.69) is 23.1 Å². The van der Waals surface area contributed by atoms with Crippen LogP contribution in [0.25, 0.3) is 0 Å². The summed E-state index contributed by atoms with van der Waals surface area (Å²) in [5.41, 5.74) is 4.36. The van der Waals surface area contributed by atoms with Crippen LogP contribution in [0.4, 0.5) is 0 Å². The molecule has 0 radical (unpaired) electrons. The zero-order chi connectivity index (χ0) is 16.0. The van der Waals surface area contributed by atoms with Crippen molar-refractivity contribution in [3.63, 3.8) is 0 Å². The highest BCUT2D eigenvalue weighted by molar-refractivity contribution is 5.55. The van der Waals surface area contributed by atoms with Crippen molar-refractivity contribution in [2.75, 3.05) is 34.4 Å². The van der Waals surface area contributed by atoms with Crippen molar-refractivity contribution >= 4 is 0 Å². The van der Waals surface area contributed by atoms with Gasteiger partial charge < -0.3 is 14.2 Å². The molecule has 2 unspecified atom stereocenters. The molecule has 1 saturated heterocycles. The summed E-state index contributed by atoms with van der Waals surface area (Å²) in [5, 5.41) is 0. The lowest BCUT2D eigenvalue weighted by Gasteiger charge is -2.48. The van der Waals surface area contributed by atoms with Crippen LogP contribution in [-0.4, -0.2) is 45.4 Å². The lowest BCUT2D eigenvalue weighted by Crippen LogP contribution is -2.50. The minimum atomic E-state index is 0.00601. The Morgan fingerprint density at radius 2 is 1.78 bits per heavy atom. The normalized spacial score (nSPS) is 29.3. The molecule has 1 fully saturated rings. The maximum atomic E-state index is 5.73. The van der Waals surface area contributed by atoms with Crippen LogP contribution in [0.5, 0.6) is 11.5 Å². The number of fused-ring (bicyclic) bond motifs is 1. The Morgan fingerprint density at radius 3 is 2.52 bits per heavy atom. The molecule has 1 aromatic carbocycles. The summed E-state index contributed by atoms with van der Waals surface area (Å²) in [6.45, 7) is 2.26. The molecular weight excluding hydrogens is 290 g/mol. The molecule has 0 aromatic heterocycles. The molecule has 2 atom stereocenters. The Bertz CT molecular complexity index is 654. The summed E-state index contributed by atoms with van der Waals surface area (Å²) >= 11 is 0. The molecule has 4 heteroatoms. The van der Waals surface area contributed by atoms with E-state index in [0.717, 1.165) is 43.9 Å². The number of benzene rings is 1. The fraction of sp³-hybridized carbons (Fsp3) is 0.579. The van der Waals surface area contributed by atoms with Gasteiger partial charge in [0, 0.05) is 26.6 Å². The lowest BCUT2D eigenvalue weighted by molar-refractivity contribution is 0.0290. The molecule has 2 heterocycles. The van der Waals surface area contributed by atoms with E-state index in [9.17, 15) is 0 Å². The summed E-state index contributed by atoms with van der Waals surface area (Å²) in [7, 11) is 5.25. The fourth-order valence-corrected chi connectivity index (χ4v) is 4.78. The topological polar surface area (TPSA) is 30.9 Å². The van der Waals surface area contributed by atoms with Crippen LogP contribution in [0.15, 0.2) is 23.8 Å². The van der Waals surface area contributed by atoms with Crippen molar-refractivity contribution < 1.29 is 14.2 Å². The molecular formula is C19H25NO3. The number of ether oxygens (including phenoxy) is 3. The molecule has 0 N–H and O–H groups in total. The van der Waals surface area contributed by atoms with Crippen molar-refractivity contribution in [1.82, 2.24) is 4.90 Å². The summed E-state index contributed by atoms with van der Waals surface area (Å²) in [6, 6.07) is 4.38. The number of hydrogen-bond donors (Lipinski definition) is 0. The molecule has 1 aromatic rings. The van der Waals surface area contributed by atoms with Gasteiger partial charge in [0.1, 0.15) is 0 Å². The highest BCUT2D eigenvalue weighted by Gasteiger charge is 2.51. The number of nitrogens with zero attached hydrogens (tertiary/aromatic N) is 1. The Morgan fingerprint density at radius 1 is 1.04 bits per heavy atom. The molecule has 1 aliphatic carbocycles. The minimum absolute atomic E-state index is 0.00601. The van der Waals surface area contributed by atoms with Gasteiger partial charge in [-0.2, -0.15) is 0 Å². The van der Waals surface area contributed by atoms with Gasteiger partial charge in [-0.3, -0.25) is 4.90 Å². The van der Waals surface area contributed by atoms with Crippen molar-refractivity contribution in [3.05, 3.63) is 34.9 Å². The average Bonchev–Trinajstić information content (AvgIpc) is 2.99. The predicted octanol–water partition coefficient (Wildman–Crippen LogP) is 2.90. The van der Waals surface area contributed by atoms with Gasteiger partial charge in [-0.05, 0) is 48.1 Å². The first-order valence-corrected chi connectivity index (χ1v) is 8.45. The van der Waals surface area contributed by atoms with Gasteiger partial charge in [-0.25, -0.2) is 0 Å². The van der Waals surface area contributed by atoms with Gasteiger partial charge in [0.25, 0.3) is 0 Å². The summed E-state index contributed by atoms with van der Waals surface area (Å²) in [4.78, 5) is 2.65. The Labute approximate surface area is 138 Å². The van der Waals surface area contributed by atoms with E-state index >= 15 is 0 Å². The zero-order valence-electron chi connectivity index (χ0n) is 14.2. The smallest absolute Gasteiger partial charge is 0.161 e. The van der Waals surface area contributed by atoms with E-state index in [0.29, 0.717) is 6.10 Å². The molecule has 1 spiro atoms. The van der Waals surface area contributed by atoms with E-state index in [1.807, 2.05) is 7.11 Å². The molecule has 3 aliphatic rings. The van der Waals surface area contributed by atoms with E-state index < -0.39 is 0 Å². The third kappa shape index (κ3) is 2.05. The highest BCUT2D eigenvalue weighted by Crippen LogP contribution is 2.54. The van der Waals surface area contributed by atoms with Crippen molar-refractivity contribution in [1.29, 1.82) is 0 Å². The summed E-state index contributed by atoms with van der Waals surface area (Å²) in [5.74, 6) is 1.66. The minimum Gasteiger partial charge on any atom is -0.493 e. The molecule has 0 bridgehead atoms. The Kier molecular flexibility index (Phi) is 3.62. The first-order valence-electron chi connectivity index (χ1n) is 8.45. The summed E-state index contributed by atoms with van der Waals surface area (Å²) < 4.78 is 16.8. The van der Waals surface area contributed by atoms with Crippen LogP contribution in [0.1, 0.15) is 30.4 Å².